The maximum atomic E-state index is 12.8. The molecule has 4 amide bonds. The second-order valence-electron chi connectivity index (χ2n) is 6.90. The molecule has 7 nitrogen and oxygen atoms in total. The molecule has 2 N–H and O–H groups in total. The van der Waals surface area contributed by atoms with Crippen molar-refractivity contribution in [2.45, 2.75) is 32.5 Å². The van der Waals surface area contributed by atoms with Crippen LogP contribution in [0.1, 0.15) is 29.6 Å². The highest BCUT2D eigenvalue weighted by Crippen LogP contribution is 2.33. The number of hydrogen-bond donors (Lipinski definition) is 2. The topological polar surface area (TPSA) is 91.7 Å². The fourth-order valence-electron chi connectivity index (χ4n) is 3.24. The summed E-state index contributed by atoms with van der Waals surface area (Å²) in [5.41, 5.74) is -1.64. The lowest BCUT2D eigenvalue weighted by molar-refractivity contribution is -0.137. The summed E-state index contributed by atoms with van der Waals surface area (Å²) in [5, 5.41) is 4.94. The molecular formula is C19H18F3N3O4. The van der Waals surface area contributed by atoms with E-state index >= 15 is 0 Å². The van der Waals surface area contributed by atoms with E-state index in [0.29, 0.717) is 17.1 Å². The van der Waals surface area contributed by atoms with E-state index in [4.69, 9.17) is 4.42 Å². The molecule has 1 aliphatic rings. The minimum Gasteiger partial charge on any atom is -0.466 e. The first-order valence-corrected chi connectivity index (χ1v) is 8.60. The van der Waals surface area contributed by atoms with Gasteiger partial charge < -0.3 is 15.1 Å². The molecule has 0 spiro atoms. The first-order chi connectivity index (χ1) is 13.4. The van der Waals surface area contributed by atoms with Gasteiger partial charge in [0.1, 0.15) is 23.6 Å². The highest BCUT2D eigenvalue weighted by atomic mass is 19.4. The van der Waals surface area contributed by atoms with Crippen LogP contribution in [0.4, 0.5) is 23.7 Å². The molecule has 2 aromatic rings. The number of rotatable bonds is 4. The summed E-state index contributed by atoms with van der Waals surface area (Å²) in [6, 6.07) is 4.72. The summed E-state index contributed by atoms with van der Waals surface area (Å²) < 4.78 is 43.2. The molecule has 1 atom stereocenters. The molecule has 1 aliphatic heterocycles. The second kappa shape index (κ2) is 6.94. The predicted molar refractivity (Wildman–Crippen MR) is 95.9 cm³/mol. The number of imide groups is 1. The van der Waals surface area contributed by atoms with E-state index in [9.17, 15) is 27.6 Å². The molecule has 1 aromatic carbocycles. The monoisotopic (exact) mass is 409 g/mol. The van der Waals surface area contributed by atoms with Crippen LogP contribution in [0, 0.1) is 13.8 Å². The number of furan rings is 1. The Morgan fingerprint density at radius 1 is 1.21 bits per heavy atom. The number of urea groups is 1. The normalized spacial score (nSPS) is 19.4. The Morgan fingerprint density at radius 2 is 1.83 bits per heavy atom. The van der Waals surface area contributed by atoms with Crippen LogP contribution in [0.25, 0.3) is 0 Å². The molecule has 0 aliphatic carbocycles. The maximum Gasteiger partial charge on any atom is 0.416 e. The van der Waals surface area contributed by atoms with Gasteiger partial charge in [0.2, 0.25) is 5.91 Å². The average molecular weight is 409 g/mol. The zero-order valence-electron chi connectivity index (χ0n) is 15.8. The van der Waals surface area contributed by atoms with Crippen molar-refractivity contribution in [1.29, 1.82) is 0 Å². The van der Waals surface area contributed by atoms with Gasteiger partial charge in [-0.15, -0.1) is 0 Å². The third-order valence-electron chi connectivity index (χ3n) is 4.65. The van der Waals surface area contributed by atoms with Crippen molar-refractivity contribution in [3.63, 3.8) is 0 Å². The van der Waals surface area contributed by atoms with Crippen LogP contribution in [0.3, 0.4) is 0 Å². The van der Waals surface area contributed by atoms with Crippen molar-refractivity contribution in [2.24, 2.45) is 0 Å². The van der Waals surface area contributed by atoms with Crippen molar-refractivity contribution < 1.29 is 32.0 Å². The van der Waals surface area contributed by atoms with E-state index in [2.05, 4.69) is 10.6 Å². The minimum atomic E-state index is -4.49. The molecule has 1 aromatic heterocycles. The predicted octanol–water partition coefficient (Wildman–Crippen LogP) is 3.32. The lowest BCUT2D eigenvalue weighted by Gasteiger charge is -2.21. The maximum absolute atomic E-state index is 12.8. The van der Waals surface area contributed by atoms with Crippen LogP contribution in [-0.4, -0.2) is 29.3 Å². The van der Waals surface area contributed by atoms with Crippen LogP contribution < -0.4 is 10.6 Å². The number of alkyl halides is 3. The van der Waals surface area contributed by atoms with E-state index in [1.165, 1.54) is 6.92 Å². The Morgan fingerprint density at radius 3 is 2.34 bits per heavy atom. The summed E-state index contributed by atoms with van der Waals surface area (Å²) in [6.07, 6.45) is -4.49. The Balaban J connectivity index is 1.71. The van der Waals surface area contributed by atoms with E-state index < -0.39 is 41.7 Å². The first kappa shape index (κ1) is 20.4. The van der Waals surface area contributed by atoms with Crippen LogP contribution in [0.5, 0.6) is 0 Å². The van der Waals surface area contributed by atoms with Gasteiger partial charge >= 0.3 is 12.2 Å². The number of hydrogen-bond acceptors (Lipinski definition) is 4. The standard InChI is InChI=1S/C19H18F3N3O4/c1-10-8-14(11(2)29-10)18(3)16(27)25(17(28)24-18)9-15(26)23-13-6-4-12(5-7-13)19(20,21)22/h4-8H,9H2,1-3H3,(H,23,26)(H,24,28)/t18-/m0/s1. The average Bonchev–Trinajstić information content (AvgIpc) is 3.06. The molecule has 1 fully saturated rings. The number of halogens is 3. The molecule has 0 bridgehead atoms. The number of anilines is 1. The van der Waals surface area contributed by atoms with E-state index in [1.54, 1.807) is 19.9 Å². The first-order valence-electron chi connectivity index (χ1n) is 8.60. The third kappa shape index (κ3) is 3.82. The van der Waals surface area contributed by atoms with Gasteiger partial charge in [-0.2, -0.15) is 13.2 Å². The van der Waals surface area contributed by atoms with Crippen LogP contribution >= 0.6 is 0 Å². The van der Waals surface area contributed by atoms with Crippen molar-refractivity contribution in [1.82, 2.24) is 10.2 Å². The van der Waals surface area contributed by atoms with E-state index in [-0.39, 0.29) is 5.69 Å². The smallest absolute Gasteiger partial charge is 0.416 e. The lowest BCUT2D eigenvalue weighted by atomic mass is 9.92. The highest BCUT2D eigenvalue weighted by molar-refractivity contribution is 6.10. The van der Waals surface area contributed by atoms with Gasteiger partial charge in [0, 0.05) is 11.3 Å². The van der Waals surface area contributed by atoms with E-state index in [0.717, 1.165) is 29.2 Å². The number of carbonyl (C=O) groups excluding carboxylic acids is 3. The summed E-state index contributed by atoms with van der Waals surface area (Å²) in [7, 11) is 0. The SMILES string of the molecule is Cc1cc([C@]2(C)NC(=O)N(CC(=O)Nc3ccc(C(F)(F)F)cc3)C2=O)c(C)o1. The van der Waals surface area contributed by atoms with Gasteiger partial charge in [0.05, 0.1) is 5.56 Å². The fourth-order valence-corrected chi connectivity index (χ4v) is 3.24. The van der Waals surface area contributed by atoms with Gasteiger partial charge in [-0.1, -0.05) is 0 Å². The molecule has 154 valence electrons. The molecular weight excluding hydrogens is 391 g/mol. The van der Waals surface area contributed by atoms with Gasteiger partial charge in [-0.3, -0.25) is 14.5 Å². The third-order valence-corrected chi connectivity index (χ3v) is 4.65. The van der Waals surface area contributed by atoms with Crippen molar-refractivity contribution in [3.05, 3.63) is 53.0 Å². The van der Waals surface area contributed by atoms with Crippen LogP contribution in [0.2, 0.25) is 0 Å². The van der Waals surface area contributed by atoms with Gasteiger partial charge in [-0.25, -0.2) is 4.79 Å². The lowest BCUT2D eigenvalue weighted by Crippen LogP contribution is -2.42. The Labute approximate surface area is 163 Å². The quantitative estimate of drug-likeness (QED) is 0.758. The molecule has 29 heavy (non-hydrogen) atoms. The molecule has 0 unspecified atom stereocenters. The zero-order valence-corrected chi connectivity index (χ0v) is 15.8. The van der Waals surface area contributed by atoms with Gasteiger partial charge in [0.25, 0.3) is 5.91 Å². The summed E-state index contributed by atoms with van der Waals surface area (Å²) in [5.74, 6) is -0.319. The number of carbonyl (C=O) groups is 3. The second-order valence-corrected chi connectivity index (χ2v) is 6.90. The number of nitrogens with zero attached hydrogens (tertiary/aromatic N) is 1. The Hall–Kier alpha value is -3.30. The molecule has 0 radical (unpaired) electrons. The summed E-state index contributed by atoms with van der Waals surface area (Å²) >= 11 is 0. The van der Waals surface area contributed by atoms with Gasteiger partial charge in [0.15, 0.2) is 0 Å². The fraction of sp³-hybridized carbons (Fsp3) is 0.316. The van der Waals surface area contributed by atoms with Crippen molar-refractivity contribution >= 4 is 23.5 Å². The van der Waals surface area contributed by atoms with Crippen LogP contribution in [-0.2, 0) is 21.3 Å². The summed E-state index contributed by atoms with van der Waals surface area (Å²) in [6.45, 7) is 4.29. The Kier molecular flexibility index (Phi) is 4.89. The van der Waals surface area contributed by atoms with Crippen molar-refractivity contribution in [3.8, 4) is 0 Å². The van der Waals surface area contributed by atoms with E-state index in [1.807, 2.05) is 0 Å². The molecule has 3 rings (SSSR count). The number of benzene rings is 1. The largest absolute Gasteiger partial charge is 0.466 e. The highest BCUT2D eigenvalue weighted by Gasteiger charge is 2.51. The minimum absolute atomic E-state index is 0.110. The molecule has 1 saturated heterocycles. The number of aryl methyl sites for hydroxylation is 2. The Bertz CT molecular complexity index is 982. The van der Waals surface area contributed by atoms with Crippen molar-refractivity contribution in [2.75, 3.05) is 11.9 Å². The zero-order chi connectivity index (χ0) is 21.6. The van der Waals surface area contributed by atoms with Gasteiger partial charge in [-0.05, 0) is 51.1 Å². The molecule has 2 heterocycles. The molecule has 10 heteroatoms. The summed E-state index contributed by atoms with van der Waals surface area (Å²) in [4.78, 5) is 38.1. The number of nitrogens with one attached hydrogen (secondary N) is 2. The number of amides is 4. The van der Waals surface area contributed by atoms with Crippen LogP contribution in [0.15, 0.2) is 34.7 Å². The molecule has 0 saturated carbocycles.